The van der Waals surface area contributed by atoms with E-state index in [0.29, 0.717) is 5.41 Å². The van der Waals surface area contributed by atoms with Crippen LogP contribution in [-0.2, 0) is 6.54 Å². The molecule has 1 aromatic heterocycles. The first-order valence-corrected chi connectivity index (χ1v) is 5.97. The molecule has 1 saturated carbocycles. The molecule has 1 unspecified atom stereocenters. The predicted octanol–water partition coefficient (Wildman–Crippen LogP) is 2.68. The summed E-state index contributed by atoms with van der Waals surface area (Å²) in [5.74, 6) is 0.719. The Labute approximate surface area is 89.8 Å². The first kappa shape index (κ1) is 10.1. The van der Waals surface area contributed by atoms with Gasteiger partial charge in [0.2, 0.25) is 0 Å². The Morgan fingerprint density at radius 2 is 2.21 bits per heavy atom. The molecular formula is C11H18N2S. The van der Waals surface area contributed by atoms with Gasteiger partial charge < -0.3 is 5.32 Å². The topological polar surface area (TPSA) is 24.9 Å². The molecule has 1 aliphatic carbocycles. The Morgan fingerprint density at radius 1 is 1.57 bits per heavy atom. The molecule has 1 aromatic rings. The van der Waals surface area contributed by atoms with Crippen LogP contribution in [0.1, 0.15) is 41.8 Å². The van der Waals surface area contributed by atoms with Gasteiger partial charge >= 0.3 is 0 Å². The summed E-state index contributed by atoms with van der Waals surface area (Å²) in [5, 5.41) is 4.53. The minimum atomic E-state index is 0.501. The van der Waals surface area contributed by atoms with E-state index in [0.717, 1.165) is 12.5 Å². The van der Waals surface area contributed by atoms with Gasteiger partial charge in [0, 0.05) is 17.3 Å². The second-order valence-corrected chi connectivity index (χ2v) is 5.95. The molecule has 0 radical (unpaired) electrons. The van der Waals surface area contributed by atoms with Crippen molar-refractivity contribution in [3.05, 3.63) is 15.6 Å². The van der Waals surface area contributed by atoms with E-state index in [4.69, 9.17) is 0 Å². The largest absolute Gasteiger partial charge is 0.315 e. The average Bonchev–Trinajstić information content (AvgIpc) is 2.57. The van der Waals surface area contributed by atoms with Crippen LogP contribution in [0.25, 0.3) is 0 Å². The number of rotatable bonds is 3. The molecule has 0 amide bonds. The zero-order chi connectivity index (χ0) is 10.3. The number of hydrogen-bond acceptors (Lipinski definition) is 3. The van der Waals surface area contributed by atoms with E-state index in [2.05, 4.69) is 31.1 Å². The number of nitrogens with one attached hydrogen (secondary N) is 1. The maximum absolute atomic E-state index is 4.67. The lowest BCUT2D eigenvalue weighted by atomic mass is 10.1. The monoisotopic (exact) mass is 210 g/mol. The molecule has 2 nitrogen and oxygen atoms in total. The molecule has 0 bridgehead atoms. The van der Waals surface area contributed by atoms with Crippen molar-refractivity contribution in [1.29, 1.82) is 0 Å². The summed E-state index contributed by atoms with van der Waals surface area (Å²) in [6.07, 6.45) is 1.30. The molecule has 0 aliphatic heterocycles. The van der Waals surface area contributed by atoms with Crippen LogP contribution >= 0.6 is 11.3 Å². The maximum Gasteiger partial charge on any atom is 0.0967 e. The Hall–Kier alpha value is -0.410. The summed E-state index contributed by atoms with van der Waals surface area (Å²) in [7, 11) is 1.99. The van der Waals surface area contributed by atoms with Crippen molar-refractivity contribution in [3.8, 4) is 0 Å². The van der Waals surface area contributed by atoms with E-state index in [1.807, 2.05) is 18.4 Å². The lowest BCUT2D eigenvalue weighted by molar-refractivity contribution is 0.620. The van der Waals surface area contributed by atoms with E-state index >= 15 is 0 Å². The van der Waals surface area contributed by atoms with Gasteiger partial charge in [0.05, 0.1) is 10.7 Å². The highest BCUT2D eigenvalue weighted by Crippen LogP contribution is 2.59. The molecule has 1 fully saturated rings. The summed E-state index contributed by atoms with van der Waals surface area (Å²) in [6.45, 7) is 7.72. The Kier molecular flexibility index (Phi) is 2.40. The van der Waals surface area contributed by atoms with Crippen molar-refractivity contribution < 1.29 is 0 Å². The second-order valence-electron chi connectivity index (χ2n) is 4.84. The zero-order valence-electron chi connectivity index (χ0n) is 9.35. The zero-order valence-corrected chi connectivity index (χ0v) is 10.2. The molecule has 0 spiro atoms. The normalized spacial score (nSPS) is 23.9. The molecule has 2 rings (SSSR count). The summed E-state index contributed by atoms with van der Waals surface area (Å²) >= 11 is 1.88. The summed E-state index contributed by atoms with van der Waals surface area (Å²) < 4.78 is 0. The highest BCUT2D eigenvalue weighted by molar-refractivity contribution is 7.11. The van der Waals surface area contributed by atoms with Crippen molar-refractivity contribution in [2.75, 3.05) is 7.05 Å². The quantitative estimate of drug-likeness (QED) is 0.829. The van der Waals surface area contributed by atoms with Crippen LogP contribution in [0.15, 0.2) is 0 Å². The highest BCUT2D eigenvalue weighted by atomic mass is 32.1. The fraction of sp³-hybridized carbons (Fsp3) is 0.727. The molecule has 0 saturated heterocycles. The van der Waals surface area contributed by atoms with Gasteiger partial charge in [0.25, 0.3) is 0 Å². The number of thiazole rings is 1. The third-order valence-electron chi connectivity index (χ3n) is 3.06. The van der Waals surface area contributed by atoms with Crippen molar-refractivity contribution in [1.82, 2.24) is 10.3 Å². The van der Waals surface area contributed by atoms with Gasteiger partial charge in [-0.2, -0.15) is 0 Å². The van der Waals surface area contributed by atoms with Crippen molar-refractivity contribution >= 4 is 11.3 Å². The Balaban J connectivity index is 2.17. The van der Waals surface area contributed by atoms with Gasteiger partial charge in [0.15, 0.2) is 0 Å². The van der Waals surface area contributed by atoms with Crippen LogP contribution in [0.3, 0.4) is 0 Å². The SMILES string of the molecule is CNCc1sc(C2CC2(C)C)nc1C. The molecule has 1 heterocycles. The number of hydrogen-bond donors (Lipinski definition) is 1. The van der Waals surface area contributed by atoms with Crippen LogP contribution in [-0.4, -0.2) is 12.0 Å². The summed E-state index contributed by atoms with van der Waals surface area (Å²) in [5.41, 5.74) is 1.71. The van der Waals surface area contributed by atoms with E-state index in [1.54, 1.807) is 0 Å². The van der Waals surface area contributed by atoms with Crippen LogP contribution in [0, 0.1) is 12.3 Å². The molecule has 1 atom stereocenters. The fourth-order valence-corrected chi connectivity index (χ4v) is 3.20. The fourth-order valence-electron chi connectivity index (χ4n) is 1.81. The minimum absolute atomic E-state index is 0.501. The molecular weight excluding hydrogens is 192 g/mol. The van der Waals surface area contributed by atoms with Crippen LogP contribution in [0.2, 0.25) is 0 Å². The van der Waals surface area contributed by atoms with E-state index in [-0.39, 0.29) is 0 Å². The number of aromatic nitrogens is 1. The van der Waals surface area contributed by atoms with Crippen LogP contribution in [0.5, 0.6) is 0 Å². The highest BCUT2D eigenvalue weighted by Gasteiger charge is 2.48. The van der Waals surface area contributed by atoms with Crippen molar-refractivity contribution in [2.24, 2.45) is 5.41 Å². The van der Waals surface area contributed by atoms with Crippen molar-refractivity contribution in [2.45, 2.75) is 39.7 Å². The molecule has 14 heavy (non-hydrogen) atoms. The third kappa shape index (κ3) is 1.71. The van der Waals surface area contributed by atoms with Crippen molar-refractivity contribution in [3.63, 3.8) is 0 Å². The molecule has 0 aromatic carbocycles. The lowest BCUT2D eigenvalue weighted by Crippen LogP contribution is -2.04. The molecule has 3 heteroatoms. The van der Waals surface area contributed by atoms with Gasteiger partial charge in [-0.05, 0) is 25.8 Å². The smallest absolute Gasteiger partial charge is 0.0967 e. The summed E-state index contributed by atoms with van der Waals surface area (Å²) in [4.78, 5) is 6.06. The number of nitrogens with zero attached hydrogens (tertiary/aromatic N) is 1. The van der Waals surface area contributed by atoms with Gasteiger partial charge in [-0.1, -0.05) is 13.8 Å². The average molecular weight is 210 g/mol. The minimum Gasteiger partial charge on any atom is -0.315 e. The van der Waals surface area contributed by atoms with Crippen LogP contribution in [0.4, 0.5) is 0 Å². The molecule has 78 valence electrons. The first-order chi connectivity index (χ1) is 6.54. The summed E-state index contributed by atoms with van der Waals surface area (Å²) in [6, 6.07) is 0. The molecule has 1 N–H and O–H groups in total. The third-order valence-corrected chi connectivity index (χ3v) is 4.33. The maximum atomic E-state index is 4.67. The first-order valence-electron chi connectivity index (χ1n) is 5.15. The van der Waals surface area contributed by atoms with Gasteiger partial charge in [-0.25, -0.2) is 4.98 Å². The molecule has 1 aliphatic rings. The standard InChI is InChI=1S/C11H18N2S/c1-7-9(6-12-4)14-10(13-7)8-5-11(8,2)3/h8,12H,5-6H2,1-4H3. The predicted molar refractivity (Wildman–Crippen MR) is 60.8 cm³/mol. The van der Waals surface area contributed by atoms with Gasteiger partial charge in [-0.3, -0.25) is 0 Å². The van der Waals surface area contributed by atoms with E-state index in [9.17, 15) is 0 Å². The number of aryl methyl sites for hydroxylation is 1. The van der Waals surface area contributed by atoms with E-state index in [1.165, 1.54) is 22.0 Å². The van der Waals surface area contributed by atoms with Gasteiger partial charge in [-0.15, -0.1) is 11.3 Å². The Morgan fingerprint density at radius 3 is 2.71 bits per heavy atom. The Bertz CT molecular complexity index is 341. The van der Waals surface area contributed by atoms with Crippen LogP contribution < -0.4 is 5.32 Å². The second kappa shape index (κ2) is 3.31. The lowest BCUT2D eigenvalue weighted by Gasteiger charge is -1.97. The van der Waals surface area contributed by atoms with Gasteiger partial charge in [0.1, 0.15) is 0 Å². The van der Waals surface area contributed by atoms with E-state index < -0.39 is 0 Å².